The van der Waals surface area contributed by atoms with Crippen LogP contribution in [0, 0.1) is 0 Å². The van der Waals surface area contributed by atoms with Crippen molar-refractivity contribution in [2.45, 2.75) is 57.4 Å². The van der Waals surface area contributed by atoms with Crippen LogP contribution < -0.4 is 16.0 Å². The van der Waals surface area contributed by atoms with Gasteiger partial charge in [0.15, 0.2) is 0 Å². The van der Waals surface area contributed by atoms with Crippen LogP contribution in [0.15, 0.2) is 18.2 Å². The number of hydrogen-bond acceptors (Lipinski definition) is 6. The molecular weight excluding hydrogens is 448 g/mol. The number of fused-ring (bicyclic) bond motifs is 1. The molecule has 10 heteroatoms. The van der Waals surface area contributed by atoms with Crippen molar-refractivity contribution in [3.05, 3.63) is 29.3 Å². The van der Waals surface area contributed by atoms with Crippen LogP contribution in [0.3, 0.4) is 0 Å². The zero-order valence-electron chi connectivity index (χ0n) is 18.5. The van der Waals surface area contributed by atoms with Crippen LogP contribution in [-0.2, 0) is 14.4 Å². The van der Waals surface area contributed by atoms with Gasteiger partial charge in [-0.05, 0) is 31.4 Å². The van der Waals surface area contributed by atoms with Gasteiger partial charge in [0.2, 0.25) is 17.7 Å². The number of nitrogens with one attached hydrogen (secondary N) is 3. The Bertz CT molecular complexity index is 935. The number of carbonyl (C=O) groups is 5. The second kappa shape index (κ2) is 11.8. The van der Waals surface area contributed by atoms with Crippen LogP contribution in [0.2, 0.25) is 0 Å². The average Bonchev–Trinajstić information content (AvgIpc) is 3.05. The summed E-state index contributed by atoms with van der Waals surface area (Å²) in [7, 11) is 0. The maximum Gasteiger partial charge on any atom is 0.264 e. The zero-order chi connectivity index (χ0) is 23.8. The van der Waals surface area contributed by atoms with Crippen LogP contribution in [0.5, 0.6) is 0 Å². The summed E-state index contributed by atoms with van der Waals surface area (Å²) in [5.74, 6) is -2.17. The number of alkyl halides is 1. The Kier molecular flexibility index (Phi) is 8.82. The molecule has 1 atom stereocenters. The lowest BCUT2D eigenvalue weighted by atomic mass is 10.0. The number of hydrogen-bond donors (Lipinski definition) is 3. The number of carbonyl (C=O) groups excluding carboxylic acids is 5. The van der Waals surface area contributed by atoms with E-state index in [2.05, 4.69) is 16.0 Å². The number of rotatable bonds is 12. The Labute approximate surface area is 197 Å². The summed E-state index contributed by atoms with van der Waals surface area (Å²) in [6, 6.07) is 4.09. The minimum Gasteiger partial charge on any atom is -0.384 e. The molecule has 1 saturated heterocycles. The Morgan fingerprint density at radius 2 is 1.70 bits per heavy atom. The molecule has 1 aromatic rings. The molecule has 9 nitrogen and oxygen atoms in total. The maximum atomic E-state index is 13.0. The van der Waals surface area contributed by atoms with Gasteiger partial charge in [-0.15, -0.1) is 11.6 Å². The Morgan fingerprint density at radius 1 is 1.00 bits per heavy atom. The largest absolute Gasteiger partial charge is 0.384 e. The van der Waals surface area contributed by atoms with Gasteiger partial charge in [-0.25, -0.2) is 0 Å². The molecule has 5 amide bonds. The number of nitrogens with zero attached hydrogens (tertiary/aromatic N) is 1. The van der Waals surface area contributed by atoms with E-state index in [-0.39, 0.29) is 35.8 Å². The first kappa shape index (κ1) is 24.7. The quantitative estimate of drug-likeness (QED) is 0.241. The van der Waals surface area contributed by atoms with Gasteiger partial charge < -0.3 is 10.6 Å². The lowest BCUT2D eigenvalue weighted by molar-refractivity contribution is -0.136. The third-order valence-electron chi connectivity index (χ3n) is 5.83. The van der Waals surface area contributed by atoms with Gasteiger partial charge in [-0.2, -0.15) is 0 Å². The van der Waals surface area contributed by atoms with Crippen molar-refractivity contribution in [2.24, 2.45) is 0 Å². The van der Waals surface area contributed by atoms with Crippen molar-refractivity contribution in [3.8, 4) is 0 Å². The number of benzene rings is 1. The highest BCUT2D eigenvalue weighted by atomic mass is 35.5. The van der Waals surface area contributed by atoms with Gasteiger partial charge in [-0.3, -0.25) is 34.2 Å². The standard InChI is InChI=1S/C23H29ClN4O5/c24-14-19(30)26-13-6-4-2-1-3-5-12-25-16-9-7-8-15-20(16)23(33)28(22(15)32)17-10-11-18(29)27-21(17)31/h7-9,17,25H,1-6,10-14H2,(H,26,30)(H,27,29,31). The van der Waals surface area contributed by atoms with Crippen LogP contribution in [0.25, 0.3) is 0 Å². The van der Waals surface area contributed by atoms with Gasteiger partial charge in [0, 0.05) is 25.2 Å². The van der Waals surface area contributed by atoms with Crippen molar-refractivity contribution < 1.29 is 24.0 Å². The van der Waals surface area contributed by atoms with E-state index in [1.165, 1.54) is 0 Å². The first-order chi connectivity index (χ1) is 15.9. The number of piperidine rings is 1. The van der Waals surface area contributed by atoms with Gasteiger partial charge in [0.05, 0.1) is 11.1 Å². The van der Waals surface area contributed by atoms with Crippen molar-refractivity contribution in [2.75, 3.05) is 24.3 Å². The molecule has 0 saturated carbocycles. The first-order valence-electron chi connectivity index (χ1n) is 11.3. The molecule has 0 aromatic heterocycles. The third kappa shape index (κ3) is 6.10. The molecule has 1 unspecified atom stereocenters. The van der Waals surface area contributed by atoms with Crippen LogP contribution in [-0.4, -0.2) is 59.4 Å². The molecule has 33 heavy (non-hydrogen) atoms. The van der Waals surface area contributed by atoms with E-state index < -0.39 is 29.7 Å². The highest BCUT2D eigenvalue weighted by Crippen LogP contribution is 2.32. The molecule has 0 radical (unpaired) electrons. The summed E-state index contributed by atoms with van der Waals surface area (Å²) < 4.78 is 0. The van der Waals surface area contributed by atoms with Gasteiger partial charge in [0.1, 0.15) is 11.9 Å². The number of halogens is 1. The third-order valence-corrected chi connectivity index (χ3v) is 6.07. The normalized spacial score (nSPS) is 17.7. The minimum absolute atomic E-state index is 0.00761. The molecule has 1 aromatic carbocycles. The molecule has 0 aliphatic carbocycles. The molecule has 0 bridgehead atoms. The summed E-state index contributed by atoms with van der Waals surface area (Å²) in [6.45, 7) is 1.30. The highest BCUT2D eigenvalue weighted by molar-refractivity contribution is 6.27. The Balaban J connectivity index is 1.45. The van der Waals surface area contributed by atoms with E-state index in [4.69, 9.17) is 11.6 Å². The lowest BCUT2D eigenvalue weighted by Gasteiger charge is -2.27. The van der Waals surface area contributed by atoms with Crippen LogP contribution in [0.1, 0.15) is 72.1 Å². The Hall–Kier alpha value is -2.94. The molecular formula is C23H29ClN4O5. The first-order valence-corrected chi connectivity index (χ1v) is 11.9. The number of unbranched alkanes of at least 4 members (excludes halogenated alkanes) is 5. The predicted octanol–water partition coefficient (Wildman–Crippen LogP) is 2.20. The molecule has 3 N–H and O–H groups in total. The van der Waals surface area contributed by atoms with Crippen LogP contribution >= 0.6 is 11.6 Å². The molecule has 178 valence electrons. The van der Waals surface area contributed by atoms with Crippen molar-refractivity contribution in [1.82, 2.24) is 15.5 Å². The number of imide groups is 2. The van der Waals surface area contributed by atoms with Gasteiger partial charge in [0.25, 0.3) is 11.8 Å². The van der Waals surface area contributed by atoms with Crippen LogP contribution in [0.4, 0.5) is 5.69 Å². The van der Waals surface area contributed by atoms with E-state index in [0.717, 1.165) is 43.4 Å². The minimum atomic E-state index is -0.966. The molecule has 0 spiro atoms. The van der Waals surface area contributed by atoms with Crippen molar-refractivity contribution >= 4 is 46.8 Å². The summed E-state index contributed by atoms with van der Waals surface area (Å²) in [4.78, 5) is 61.5. The predicted molar refractivity (Wildman–Crippen MR) is 123 cm³/mol. The molecule has 2 aliphatic heterocycles. The molecule has 2 heterocycles. The second-order valence-corrected chi connectivity index (χ2v) is 8.47. The van der Waals surface area contributed by atoms with E-state index in [0.29, 0.717) is 18.8 Å². The van der Waals surface area contributed by atoms with E-state index in [1.807, 2.05) is 0 Å². The Morgan fingerprint density at radius 3 is 2.39 bits per heavy atom. The lowest BCUT2D eigenvalue weighted by Crippen LogP contribution is -2.54. The van der Waals surface area contributed by atoms with E-state index in [9.17, 15) is 24.0 Å². The van der Waals surface area contributed by atoms with Crippen molar-refractivity contribution in [3.63, 3.8) is 0 Å². The number of amides is 5. The molecule has 1 fully saturated rings. The topological polar surface area (TPSA) is 125 Å². The smallest absolute Gasteiger partial charge is 0.264 e. The summed E-state index contributed by atoms with van der Waals surface area (Å²) in [5, 5.41) is 8.20. The molecule has 2 aliphatic rings. The average molecular weight is 477 g/mol. The fraction of sp³-hybridized carbons (Fsp3) is 0.522. The van der Waals surface area contributed by atoms with E-state index >= 15 is 0 Å². The SMILES string of the molecule is O=C(CCl)NCCCCCCCCNc1cccc2c1C(=O)N(C1CCC(=O)NC1=O)C2=O. The fourth-order valence-electron chi connectivity index (χ4n) is 4.12. The summed E-state index contributed by atoms with van der Waals surface area (Å²) >= 11 is 5.42. The molecule has 3 rings (SSSR count). The maximum absolute atomic E-state index is 13.0. The summed E-state index contributed by atoms with van der Waals surface area (Å²) in [6.07, 6.45) is 6.27. The number of anilines is 1. The van der Waals surface area contributed by atoms with Gasteiger partial charge >= 0.3 is 0 Å². The zero-order valence-corrected chi connectivity index (χ0v) is 19.2. The van der Waals surface area contributed by atoms with Gasteiger partial charge in [-0.1, -0.05) is 31.7 Å². The van der Waals surface area contributed by atoms with Crippen molar-refractivity contribution in [1.29, 1.82) is 0 Å². The summed E-state index contributed by atoms with van der Waals surface area (Å²) in [5.41, 5.74) is 1.14. The van der Waals surface area contributed by atoms with E-state index in [1.54, 1.807) is 18.2 Å². The fourth-order valence-corrected chi connectivity index (χ4v) is 4.21. The highest BCUT2D eigenvalue weighted by Gasteiger charge is 2.45. The monoisotopic (exact) mass is 476 g/mol. The second-order valence-electron chi connectivity index (χ2n) is 8.21.